The van der Waals surface area contributed by atoms with E-state index in [1.54, 1.807) is 7.11 Å². The Kier molecular flexibility index (Phi) is 3.53. The number of hydrogen-bond donors (Lipinski definition) is 1. The number of aliphatic carboxylic acids is 1. The van der Waals surface area contributed by atoms with Gasteiger partial charge in [0.1, 0.15) is 0 Å². The van der Waals surface area contributed by atoms with Gasteiger partial charge in [-0.15, -0.1) is 0 Å². The topological polar surface area (TPSA) is 46.5 Å². The molecule has 0 unspecified atom stereocenters. The van der Waals surface area contributed by atoms with Crippen molar-refractivity contribution in [3.05, 3.63) is 0 Å². The molecule has 1 aliphatic rings. The lowest BCUT2D eigenvalue weighted by Gasteiger charge is -2.37. The van der Waals surface area contributed by atoms with Crippen molar-refractivity contribution in [3.63, 3.8) is 0 Å². The summed E-state index contributed by atoms with van der Waals surface area (Å²) >= 11 is 0. The minimum atomic E-state index is -0.640. The molecule has 0 saturated heterocycles. The molecule has 0 amide bonds. The van der Waals surface area contributed by atoms with Gasteiger partial charge in [-0.25, -0.2) is 0 Å². The molecule has 1 aliphatic carbocycles. The summed E-state index contributed by atoms with van der Waals surface area (Å²) < 4.78 is 5.43. The molecule has 1 fully saturated rings. The van der Waals surface area contributed by atoms with E-state index >= 15 is 0 Å². The number of carboxylic acids is 1. The summed E-state index contributed by atoms with van der Waals surface area (Å²) in [5.41, 5.74) is -0.108. The summed E-state index contributed by atoms with van der Waals surface area (Å²) in [5, 5.41) is 8.85. The second-order valence-corrected chi connectivity index (χ2v) is 4.69. The van der Waals surface area contributed by atoms with Crippen LogP contribution < -0.4 is 0 Å². The van der Waals surface area contributed by atoms with E-state index in [-0.39, 0.29) is 11.5 Å². The molecule has 1 saturated carbocycles. The van der Waals surface area contributed by atoms with Crippen molar-refractivity contribution in [2.45, 2.75) is 45.1 Å². The van der Waals surface area contributed by atoms with Crippen molar-refractivity contribution in [3.8, 4) is 0 Å². The van der Waals surface area contributed by atoms with E-state index in [1.807, 2.05) is 0 Å². The van der Waals surface area contributed by atoms with Gasteiger partial charge in [-0.2, -0.15) is 0 Å². The molecule has 0 aromatic rings. The summed E-state index contributed by atoms with van der Waals surface area (Å²) in [6.07, 6.45) is 3.54. The third-order valence-corrected chi connectivity index (χ3v) is 3.59. The first-order valence-electron chi connectivity index (χ1n) is 5.25. The molecule has 3 heteroatoms. The van der Waals surface area contributed by atoms with Crippen LogP contribution in [0.25, 0.3) is 0 Å². The highest BCUT2D eigenvalue weighted by Gasteiger charge is 2.34. The van der Waals surface area contributed by atoms with Crippen molar-refractivity contribution >= 4 is 5.97 Å². The Labute approximate surface area is 85.5 Å². The Morgan fingerprint density at radius 1 is 1.29 bits per heavy atom. The van der Waals surface area contributed by atoms with Crippen molar-refractivity contribution in [1.82, 2.24) is 0 Å². The van der Waals surface area contributed by atoms with Crippen LogP contribution in [-0.2, 0) is 9.53 Å². The van der Waals surface area contributed by atoms with Crippen LogP contribution in [0.5, 0.6) is 0 Å². The molecule has 0 aromatic heterocycles. The largest absolute Gasteiger partial charge is 0.481 e. The van der Waals surface area contributed by atoms with Gasteiger partial charge < -0.3 is 9.84 Å². The van der Waals surface area contributed by atoms with Crippen molar-refractivity contribution < 1.29 is 14.6 Å². The quantitative estimate of drug-likeness (QED) is 0.760. The van der Waals surface area contributed by atoms with Gasteiger partial charge in [-0.1, -0.05) is 0 Å². The van der Waals surface area contributed by atoms with Crippen molar-refractivity contribution in [2.75, 3.05) is 7.11 Å². The van der Waals surface area contributed by atoms with E-state index in [0.29, 0.717) is 5.92 Å². The van der Waals surface area contributed by atoms with Gasteiger partial charge in [0.15, 0.2) is 0 Å². The van der Waals surface area contributed by atoms with Gasteiger partial charge >= 0.3 is 5.97 Å². The summed E-state index contributed by atoms with van der Waals surface area (Å²) in [4.78, 5) is 10.7. The number of hydrogen-bond acceptors (Lipinski definition) is 2. The minimum Gasteiger partial charge on any atom is -0.481 e. The molecule has 0 radical (unpaired) electrons. The maximum absolute atomic E-state index is 10.7. The van der Waals surface area contributed by atoms with E-state index in [4.69, 9.17) is 9.84 Å². The highest BCUT2D eigenvalue weighted by Crippen LogP contribution is 2.36. The first-order valence-corrected chi connectivity index (χ1v) is 5.25. The predicted octanol–water partition coefficient (Wildman–Crippen LogP) is 2.30. The fourth-order valence-electron chi connectivity index (χ4n) is 2.20. The fourth-order valence-corrected chi connectivity index (χ4v) is 2.20. The van der Waals surface area contributed by atoms with Crippen LogP contribution >= 0.6 is 0 Å². The predicted molar refractivity (Wildman–Crippen MR) is 54.2 cm³/mol. The molecule has 3 nitrogen and oxygen atoms in total. The van der Waals surface area contributed by atoms with Crippen LogP contribution in [0.15, 0.2) is 0 Å². The lowest BCUT2D eigenvalue weighted by Crippen LogP contribution is -2.37. The number of carboxylic acid groups (broad SMARTS) is 1. The third kappa shape index (κ3) is 2.47. The molecule has 0 aliphatic heterocycles. The van der Waals surface area contributed by atoms with Crippen LogP contribution in [0.1, 0.15) is 39.5 Å². The van der Waals surface area contributed by atoms with Gasteiger partial charge in [0, 0.05) is 7.11 Å². The first kappa shape index (κ1) is 11.5. The molecule has 82 valence electrons. The first-order chi connectivity index (χ1) is 6.47. The lowest BCUT2D eigenvalue weighted by atomic mass is 9.75. The Morgan fingerprint density at radius 3 is 2.14 bits per heavy atom. The number of carbonyl (C=O) groups is 1. The summed E-state index contributed by atoms with van der Waals surface area (Å²) in [7, 11) is 1.73. The Bertz CT molecular complexity index is 203. The van der Waals surface area contributed by atoms with Crippen LogP contribution in [0.2, 0.25) is 0 Å². The van der Waals surface area contributed by atoms with Crippen LogP contribution in [0.4, 0.5) is 0 Å². The average Bonchev–Trinajstić information content (AvgIpc) is 2.18. The molecular formula is C11H20O3. The SMILES string of the molecule is COC(C)(C)C1CCC(C(=O)O)CC1. The highest BCUT2D eigenvalue weighted by atomic mass is 16.5. The van der Waals surface area contributed by atoms with E-state index in [0.717, 1.165) is 25.7 Å². The molecule has 0 spiro atoms. The molecule has 14 heavy (non-hydrogen) atoms. The van der Waals surface area contributed by atoms with Crippen LogP contribution in [0, 0.1) is 11.8 Å². The van der Waals surface area contributed by atoms with E-state index in [1.165, 1.54) is 0 Å². The molecule has 0 aromatic carbocycles. The zero-order valence-corrected chi connectivity index (χ0v) is 9.25. The Balaban J connectivity index is 2.47. The Morgan fingerprint density at radius 2 is 1.79 bits per heavy atom. The average molecular weight is 200 g/mol. The molecule has 1 N–H and O–H groups in total. The van der Waals surface area contributed by atoms with E-state index in [9.17, 15) is 4.79 Å². The van der Waals surface area contributed by atoms with Gasteiger partial charge in [-0.05, 0) is 45.4 Å². The van der Waals surface area contributed by atoms with Gasteiger partial charge in [-0.3, -0.25) is 4.79 Å². The fraction of sp³-hybridized carbons (Fsp3) is 0.909. The highest BCUT2D eigenvalue weighted by molar-refractivity contribution is 5.69. The van der Waals surface area contributed by atoms with Gasteiger partial charge in [0.25, 0.3) is 0 Å². The smallest absolute Gasteiger partial charge is 0.306 e. The normalized spacial score (nSPS) is 28.8. The maximum atomic E-state index is 10.7. The zero-order chi connectivity index (χ0) is 10.8. The van der Waals surface area contributed by atoms with Crippen LogP contribution in [-0.4, -0.2) is 23.8 Å². The molecule has 0 bridgehead atoms. The summed E-state index contributed by atoms with van der Waals surface area (Å²) in [5.74, 6) is -0.263. The Hall–Kier alpha value is -0.570. The summed E-state index contributed by atoms with van der Waals surface area (Å²) in [6, 6.07) is 0. The summed E-state index contributed by atoms with van der Waals surface area (Å²) in [6.45, 7) is 4.16. The zero-order valence-electron chi connectivity index (χ0n) is 9.25. The number of rotatable bonds is 3. The number of methoxy groups -OCH3 is 1. The van der Waals surface area contributed by atoms with E-state index in [2.05, 4.69) is 13.8 Å². The lowest BCUT2D eigenvalue weighted by molar-refractivity contribution is -0.144. The van der Waals surface area contributed by atoms with Crippen molar-refractivity contribution in [2.24, 2.45) is 11.8 Å². The second kappa shape index (κ2) is 4.30. The van der Waals surface area contributed by atoms with Gasteiger partial charge in [0.2, 0.25) is 0 Å². The van der Waals surface area contributed by atoms with Gasteiger partial charge in [0.05, 0.1) is 11.5 Å². The third-order valence-electron chi connectivity index (χ3n) is 3.59. The molecular weight excluding hydrogens is 180 g/mol. The second-order valence-electron chi connectivity index (χ2n) is 4.69. The molecule has 0 atom stereocenters. The molecule has 1 rings (SSSR count). The standard InChI is InChI=1S/C11H20O3/c1-11(2,14-3)9-6-4-8(5-7-9)10(12)13/h8-9H,4-7H2,1-3H3,(H,12,13). The van der Waals surface area contributed by atoms with Crippen molar-refractivity contribution in [1.29, 1.82) is 0 Å². The monoisotopic (exact) mass is 200 g/mol. The maximum Gasteiger partial charge on any atom is 0.306 e. The minimum absolute atomic E-state index is 0.108. The molecule has 0 heterocycles. The van der Waals surface area contributed by atoms with E-state index < -0.39 is 5.97 Å². The number of ether oxygens (including phenoxy) is 1. The van der Waals surface area contributed by atoms with Crippen LogP contribution in [0.3, 0.4) is 0 Å².